The van der Waals surface area contributed by atoms with Gasteiger partial charge in [-0.05, 0) is 44.5 Å². The highest BCUT2D eigenvalue weighted by molar-refractivity contribution is 5.95. The third-order valence-corrected chi connectivity index (χ3v) is 6.10. The van der Waals surface area contributed by atoms with E-state index in [4.69, 9.17) is 0 Å². The van der Waals surface area contributed by atoms with E-state index in [-0.39, 0.29) is 17.7 Å². The fourth-order valence-corrected chi connectivity index (χ4v) is 4.72. The van der Waals surface area contributed by atoms with Gasteiger partial charge in [-0.15, -0.1) is 10.2 Å². The molecule has 0 atom stereocenters. The van der Waals surface area contributed by atoms with Gasteiger partial charge in [-0.2, -0.15) is 5.10 Å². The molecule has 1 amide bonds. The van der Waals surface area contributed by atoms with E-state index in [1.165, 1.54) is 6.07 Å². The van der Waals surface area contributed by atoms with Crippen LogP contribution in [0.5, 0.6) is 0 Å². The lowest BCUT2D eigenvalue weighted by Crippen LogP contribution is -2.49. The number of halogens is 1. The van der Waals surface area contributed by atoms with Crippen molar-refractivity contribution in [1.82, 2.24) is 29.9 Å². The number of hydrogen-bond acceptors (Lipinski definition) is 5. The molecule has 2 aromatic carbocycles. The van der Waals surface area contributed by atoms with Crippen LogP contribution in [0, 0.1) is 12.7 Å². The zero-order valence-electron chi connectivity index (χ0n) is 18.6. The Labute approximate surface area is 189 Å². The van der Waals surface area contributed by atoms with Gasteiger partial charge >= 0.3 is 0 Å². The van der Waals surface area contributed by atoms with Crippen molar-refractivity contribution in [2.45, 2.75) is 39.3 Å². The minimum atomic E-state index is -0.580. The monoisotopic (exact) mass is 446 g/mol. The first-order chi connectivity index (χ1) is 15.7. The Kier molecular flexibility index (Phi) is 4.84. The van der Waals surface area contributed by atoms with Crippen molar-refractivity contribution < 1.29 is 9.18 Å². The maximum Gasteiger partial charge on any atom is 0.272 e. The highest BCUT2D eigenvalue weighted by Gasteiger charge is 2.36. The summed E-state index contributed by atoms with van der Waals surface area (Å²) in [5, 5.41) is 16.3. The van der Waals surface area contributed by atoms with E-state index in [1.54, 1.807) is 29.2 Å². The van der Waals surface area contributed by atoms with Gasteiger partial charge in [-0.3, -0.25) is 9.59 Å². The van der Waals surface area contributed by atoms with Crippen LogP contribution >= 0.6 is 0 Å². The number of nitrogens with one attached hydrogen (secondary N) is 1. The van der Waals surface area contributed by atoms with Gasteiger partial charge in [0, 0.05) is 18.4 Å². The number of carbonyl (C=O) groups is 1. The Hall–Kier alpha value is -3.88. The minimum Gasteiger partial charge on any atom is -0.329 e. The Morgan fingerprint density at radius 1 is 1.15 bits per heavy atom. The van der Waals surface area contributed by atoms with Crippen LogP contribution in [0.4, 0.5) is 4.39 Å². The summed E-state index contributed by atoms with van der Waals surface area (Å²) in [6.07, 6.45) is 0.344. The van der Waals surface area contributed by atoms with Gasteiger partial charge in [0.1, 0.15) is 11.6 Å². The number of carbonyl (C=O) groups excluding carboxylic acids is 1. The zero-order chi connectivity index (χ0) is 23.3. The number of benzene rings is 2. The molecule has 1 aliphatic heterocycles. The van der Waals surface area contributed by atoms with Gasteiger partial charge in [0.15, 0.2) is 5.82 Å². The topological polar surface area (TPSA) is 96.8 Å². The smallest absolute Gasteiger partial charge is 0.272 e. The number of aromatic nitrogens is 5. The molecule has 1 aliphatic rings. The molecule has 0 saturated carbocycles. The van der Waals surface area contributed by atoms with Gasteiger partial charge in [-0.25, -0.2) is 9.49 Å². The average Bonchev–Trinajstić information content (AvgIpc) is 3.18. The van der Waals surface area contributed by atoms with Gasteiger partial charge in [-0.1, -0.05) is 24.3 Å². The van der Waals surface area contributed by atoms with Gasteiger partial charge in [0.25, 0.3) is 11.5 Å². The fourth-order valence-electron chi connectivity index (χ4n) is 4.72. The van der Waals surface area contributed by atoms with Crippen LogP contribution in [0.3, 0.4) is 0 Å². The third-order valence-electron chi connectivity index (χ3n) is 6.10. The second-order valence-corrected chi connectivity index (χ2v) is 9.01. The van der Waals surface area contributed by atoms with E-state index in [0.717, 1.165) is 16.8 Å². The van der Waals surface area contributed by atoms with E-state index >= 15 is 0 Å². The molecular formula is C24H23FN6O2. The lowest BCUT2D eigenvalue weighted by molar-refractivity contribution is 0.0594. The maximum atomic E-state index is 14.8. The second-order valence-electron chi connectivity index (χ2n) is 9.01. The number of amides is 1. The summed E-state index contributed by atoms with van der Waals surface area (Å²) in [4.78, 5) is 27.0. The molecule has 3 heterocycles. The van der Waals surface area contributed by atoms with Gasteiger partial charge in [0.05, 0.1) is 28.7 Å². The Bertz CT molecular complexity index is 1460. The Balaban J connectivity index is 1.47. The molecule has 0 aliphatic carbocycles. The predicted octanol–water partition coefficient (Wildman–Crippen LogP) is 2.94. The second kappa shape index (κ2) is 7.61. The van der Waals surface area contributed by atoms with Crippen LogP contribution in [-0.2, 0) is 18.5 Å². The van der Waals surface area contributed by atoms with Gasteiger partial charge < -0.3 is 9.47 Å². The van der Waals surface area contributed by atoms with Crippen molar-refractivity contribution in [3.05, 3.63) is 87.1 Å². The van der Waals surface area contributed by atoms with E-state index in [9.17, 15) is 14.0 Å². The van der Waals surface area contributed by atoms with Crippen LogP contribution in [0.25, 0.3) is 10.8 Å². The minimum absolute atomic E-state index is 0.00159. The molecule has 8 nitrogen and oxygen atoms in total. The predicted molar refractivity (Wildman–Crippen MR) is 120 cm³/mol. The summed E-state index contributed by atoms with van der Waals surface area (Å²) in [6.45, 7) is 6.57. The van der Waals surface area contributed by atoms with E-state index in [2.05, 4.69) is 20.4 Å². The Morgan fingerprint density at radius 3 is 2.70 bits per heavy atom. The molecule has 0 saturated heterocycles. The van der Waals surface area contributed by atoms with Crippen LogP contribution in [-0.4, -0.2) is 42.3 Å². The number of rotatable bonds is 3. The van der Waals surface area contributed by atoms with Crippen molar-refractivity contribution in [2.24, 2.45) is 0 Å². The van der Waals surface area contributed by atoms with Crippen LogP contribution < -0.4 is 5.56 Å². The lowest BCUT2D eigenvalue weighted by atomic mass is 9.99. The van der Waals surface area contributed by atoms with Crippen molar-refractivity contribution in [3.63, 3.8) is 0 Å². The highest BCUT2D eigenvalue weighted by Crippen LogP contribution is 2.28. The first-order valence-electron chi connectivity index (χ1n) is 10.7. The highest BCUT2D eigenvalue weighted by atomic mass is 19.1. The number of nitrogens with zero attached hydrogens (tertiary/aromatic N) is 5. The molecule has 2 aromatic heterocycles. The molecule has 168 valence electrons. The number of H-pyrrole nitrogens is 1. The largest absolute Gasteiger partial charge is 0.329 e. The number of aryl methyl sites for hydroxylation is 1. The molecule has 1 N–H and O–H groups in total. The summed E-state index contributed by atoms with van der Waals surface area (Å²) in [5.74, 6) is 0.492. The van der Waals surface area contributed by atoms with E-state index in [1.807, 2.05) is 37.5 Å². The lowest BCUT2D eigenvalue weighted by Gasteiger charge is -2.39. The van der Waals surface area contributed by atoms with E-state index < -0.39 is 17.3 Å². The Morgan fingerprint density at radius 2 is 1.91 bits per heavy atom. The first-order valence-corrected chi connectivity index (χ1v) is 10.7. The van der Waals surface area contributed by atoms with Crippen molar-refractivity contribution in [3.8, 4) is 0 Å². The number of hydrogen-bond donors (Lipinski definition) is 1. The molecular weight excluding hydrogens is 423 g/mol. The molecule has 5 rings (SSSR count). The van der Waals surface area contributed by atoms with Crippen molar-refractivity contribution in [1.29, 1.82) is 0 Å². The summed E-state index contributed by atoms with van der Waals surface area (Å²) in [6, 6.07) is 11.7. The third kappa shape index (κ3) is 3.59. The average molecular weight is 446 g/mol. The summed E-state index contributed by atoms with van der Waals surface area (Å²) in [5.41, 5.74) is 0.698. The molecule has 0 radical (unpaired) electrons. The van der Waals surface area contributed by atoms with Crippen LogP contribution in [0.2, 0.25) is 0 Å². The molecule has 33 heavy (non-hydrogen) atoms. The SMILES string of the molecule is Cc1nnc2n1C(C)(C)CN(C(=O)c1cc(Cc3n[nH]c(=O)c4ccccc34)ccc1F)C2. The normalized spacial score (nSPS) is 15.0. The van der Waals surface area contributed by atoms with Crippen molar-refractivity contribution in [2.75, 3.05) is 6.54 Å². The summed E-state index contributed by atoms with van der Waals surface area (Å²) >= 11 is 0. The molecule has 0 fully saturated rings. The van der Waals surface area contributed by atoms with Crippen molar-refractivity contribution >= 4 is 16.7 Å². The molecule has 9 heteroatoms. The van der Waals surface area contributed by atoms with Crippen LogP contribution in [0.1, 0.15) is 47.1 Å². The fraction of sp³-hybridized carbons (Fsp3) is 0.292. The molecule has 0 unspecified atom stereocenters. The zero-order valence-corrected chi connectivity index (χ0v) is 18.6. The van der Waals surface area contributed by atoms with Crippen LogP contribution in [0.15, 0.2) is 47.3 Å². The molecule has 0 bridgehead atoms. The standard InChI is InChI=1S/C24H23FN6O2/c1-14-26-28-21-12-30(13-24(2,3)31(14)21)23(33)18-10-15(8-9-19(18)25)11-20-16-6-4-5-7-17(16)22(32)29-27-20/h4-10H,11-13H2,1-3H3,(H,29,32). The number of aromatic amines is 1. The molecule has 0 spiro atoms. The quantitative estimate of drug-likeness (QED) is 0.522. The molecule has 4 aromatic rings. The summed E-state index contributed by atoms with van der Waals surface area (Å²) < 4.78 is 16.8. The first kappa shape index (κ1) is 21.0. The summed E-state index contributed by atoms with van der Waals surface area (Å²) in [7, 11) is 0. The number of fused-ring (bicyclic) bond motifs is 2. The maximum absolute atomic E-state index is 14.8. The van der Waals surface area contributed by atoms with E-state index in [0.29, 0.717) is 29.9 Å². The van der Waals surface area contributed by atoms with Gasteiger partial charge in [0.2, 0.25) is 0 Å².